The van der Waals surface area contributed by atoms with Crippen LogP contribution in [0.15, 0.2) is 61.0 Å². The Morgan fingerprint density at radius 1 is 1.30 bits per heavy atom. The monoisotopic (exact) mass is 474 g/mol. The molecule has 1 N–H and O–H groups in total. The van der Waals surface area contributed by atoms with Gasteiger partial charge in [0.25, 0.3) is 0 Å². The van der Waals surface area contributed by atoms with Gasteiger partial charge in [-0.3, -0.25) is 9.69 Å². The van der Waals surface area contributed by atoms with Crippen LogP contribution in [-0.4, -0.2) is 72.9 Å². The fourth-order valence-electron chi connectivity index (χ4n) is 3.89. The quantitative estimate of drug-likeness (QED) is 0.356. The molecule has 0 fully saturated rings. The van der Waals surface area contributed by atoms with Crippen LogP contribution in [0, 0.1) is 5.82 Å². The maximum absolute atomic E-state index is 13.3. The number of hydrogen-bond donors (Lipinski definition) is 1. The van der Waals surface area contributed by atoms with Crippen molar-refractivity contribution in [2.75, 3.05) is 46.0 Å². The van der Waals surface area contributed by atoms with Gasteiger partial charge in [-0.1, -0.05) is 12.2 Å². The number of amides is 1. The van der Waals surface area contributed by atoms with E-state index in [1.807, 2.05) is 21.2 Å². The number of aliphatic hydroxyl groups excluding tert-OH is 1. The highest BCUT2D eigenvalue weighted by molar-refractivity contribution is 7.10. The molecule has 1 amide bonds. The van der Waals surface area contributed by atoms with E-state index in [4.69, 9.17) is 9.47 Å². The van der Waals surface area contributed by atoms with Crippen molar-refractivity contribution in [3.63, 3.8) is 0 Å². The largest absolute Gasteiger partial charge is 0.491 e. The number of aliphatic hydroxyl groups is 1. The second-order valence-corrected chi connectivity index (χ2v) is 8.88. The molecule has 2 heterocycles. The lowest BCUT2D eigenvalue weighted by atomic mass is 10.0. The number of benzene rings is 1. The molecule has 1 aromatic carbocycles. The van der Waals surface area contributed by atoms with E-state index in [0.717, 1.165) is 12.0 Å². The Morgan fingerprint density at radius 3 is 2.82 bits per heavy atom. The zero-order chi connectivity index (χ0) is 23.6. The van der Waals surface area contributed by atoms with Gasteiger partial charge < -0.3 is 19.5 Å². The van der Waals surface area contributed by atoms with Crippen LogP contribution in [0.3, 0.4) is 0 Å². The van der Waals surface area contributed by atoms with Gasteiger partial charge in [-0.2, -0.15) is 0 Å². The Balaban J connectivity index is 1.67. The van der Waals surface area contributed by atoms with Gasteiger partial charge in [0.05, 0.1) is 31.9 Å². The molecule has 0 aliphatic carbocycles. The molecule has 2 aromatic rings. The van der Waals surface area contributed by atoms with E-state index in [1.54, 1.807) is 35.6 Å². The lowest BCUT2D eigenvalue weighted by Crippen LogP contribution is -2.48. The fraction of sp³-hybridized carbons (Fsp3) is 0.400. The summed E-state index contributed by atoms with van der Waals surface area (Å²) in [7, 11) is 0. The van der Waals surface area contributed by atoms with E-state index >= 15 is 0 Å². The number of ether oxygens (including phenoxy) is 2. The van der Waals surface area contributed by atoms with Crippen molar-refractivity contribution >= 4 is 17.2 Å². The molecule has 33 heavy (non-hydrogen) atoms. The molecule has 178 valence electrons. The van der Waals surface area contributed by atoms with Crippen LogP contribution in [0.2, 0.25) is 0 Å². The molecular formula is C25H31FN2O4S. The maximum atomic E-state index is 13.3. The average Bonchev–Trinajstić information content (AvgIpc) is 3.28. The summed E-state index contributed by atoms with van der Waals surface area (Å²) in [5.74, 6) is 0.194. The lowest BCUT2D eigenvalue weighted by molar-refractivity contribution is -0.136. The van der Waals surface area contributed by atoms with Gasteiger partial charge >= 0.3 is 0 Å². The molecule has 2 atom stereocenters. The lowest BCUT2D eigenvalue weighted by Gasteiger charge is -2.37. The summed E-state index contributed by atoms with van der Waals surface area (Å²) in [5.41, 5.74) is 1.09. The van der Waals surface area contributed by atoms with E-state index < -0.39 is 6.10 Å². The first kappa shape index (κ1) is 25.1. The molecule has 0 bridgehead atoms. The normalized spacial score (nSPS) is 16.3. The molecule has 0 saturated heterocycles. The predicted molar refractivity (Wildman–Crippen MR) is 128 cm³/mol. The SMILES string of the molecule is C=CCOC[C@@H](O)CN(CC=C)CC(=O)N1CCc2sccc2[C@H]1COc1ccc(F)cc1. The molecule has 1 aliphatic heterocycles. The van der Waals surface area contributed by atoms with Crippen molar-refractivity contribution in [3.8, 4) is 5.75 Å². The van der Waals surface area contributed by atoms with Crippen molar-refractivity contribution in [2.24, 2.45) is 0 Å². The molecular weight excluding hydrogens is 443 g/mol. The molecule has 0 spiro atoms. The number of hydrogen-bond acceptors (Lipinski definition) is 6. The molecule has 0 unspecified atom stereocenters. The van der Waals surface area contributed by atoms with Crippen molar-refractivity contribution in [1.82, 2.24) is 9.80 Å². The second kappa shape index (κ2) is 12.6. The van der Waals surface area contributed by atoms with Crippen LogP contribution < -0.4 is 4.74 Å². The van der Waals surface area contributed by atoms with Crippen LogP contribution in [0.25, 0.3) is 0 Å². The van der Waals surface area contributed by atoms with Crippen LogP contribution in [0.1, 0.15) is 16.5 Å². The number of carbonyl (C=O) groups is 1. The van der Waals surface area contributed by atoms with Crippen LogP contribution in [-0.2, 0) is 16.0 Å². The summed E-state index contributed by atoms with van der Waals surface area (Å²) in [6.07, 6.45) is 3.42. The van der Waals surface area contributed by atoms with Gasteiger partial charge in [0.15, 0.2) is 0 Å². The molecule has 8 heteroatoms. The van der Waals surface area contributed by atoms with E-state index in [-0.39, 0.29) is 37.5 Å². The van der Waals surface area contributed by atoms with Crippen LogP contribution in [0.4, 0.5) is 4.39 Å². The van der Waals surface area contributed by atoms with E-state index in [9.17, 15) is 14.3 Å². The topological polar surface area (TPSA) is 62.2 Å². The first-order valence-electron chi connectivity index (χ1n) is 11.0. The summed E-state index contributed by atoms with van der Waals surface area (Å²) in [5, 5.41) is 12.3. The second-order valence-electron chi connectivity index (χ2n) is 7.88. The Morgan fingerprint density at radius 2 is 2.09 bits per heavy atom. The number of rotatable bonds is 13. The minimum absolute atomic E-state index is 0.0411. The highest BCUT2D eigenvalue weighted by Gasteiger charge is 2.33. The standard InChI is InChI=1S/C25H31FN2O4S/c1-3-11-27(15-20(29)17-31-13-4-2)16-25(30)28-12-9-24-22(10-14-33-24)23(28)18-32-21-7-5-19(26)6-8-21/h3-8,10,14,20,23,29H,1-2,9,11-13,15-18H2/t20-,23+/m0/s1. The first-order valence-corrected chi connectivity index (χ1v) is 11.8. The summed E-state index contributed by atoms with van der Waals surface area (Å²) >= 11 is 1.69. The van der Waals surface area contributed by atoms with E-state index in [2.05, 4.69) is 13.2 Å². The fourth-order valence-corrected chi connectivity index (χ4v) is 4.82. The smallest absolute Gasteiger partial charge is 0.237 e. The third kappa shape index (κ3) is 7.23. The summed E-state index contributed by atoms with van der Waals surface area (Å²) in [4.78, 5) is 18.3. The number of nitrogens with zero attached hydrogens (tertiary/aromatic N) is 2. The number of halogens is 1. The zero-order valence-corrected chi connectivity index (χ0v) is 19.5. The van der Waals surface area contributed by atoms with Crippen LogP contribution in [0.5, 0.6) is 5.75 Å². The number of thiophene rings is 1. The van der Waals surface area contributed by atoms with Crippen LogP contribution >= 0.6 is 11.3 Å². The van der Waals surface area contributed by atoms with Gasteiger partial charge in [0.2, 0.25) is 5.91 Å². The van der Waals surface area contributed by atoms with E-state index in [0.29, 0.717) is 32.0 Å². The Hall–Kier alpha value is -2.52. The highest BCUT2D eigenvalue weighted by Crippen LogP contribution is 2.34. The highest BCUT2D eigenvalue weighted by atomic mass is 32.1. The molecule has 6 nitrogen and oxygen atoms in total. The summed E-state index contributed by atoms with van der Waals surface area (Å²) in [6.45, 7) is 9.69. The molecule has 0 saturated carbocycles. The Kier molecular flexibility index (Phi) is 9.62. The Bertz CT molecular complexity index is 917. The minimum atomic E-state index is -0.722. The number of carbonyl (C=O) groups excluding carboxylic acids is 1. The third-order valence-corrected chi connectivity index (χ3v) is 6.39. The van der Waals surface area contributed by atoms with Gasteiger partial charge in [-0.25, -0.2) is 4.39 Å². The van der Waals surface area contributed by atoms with Crippen molar-refractivity contribution in [2.45, 2.75) is 18.6 Å². The molecule has 3 rings (SSSR count). The average molecular weight is 475 g/mol. The Labute approximate surface area is 198 Å². The van der Waals surface area contributed by atoms with Gasteiger partial charge in [-0.05, 0) is 47.7 Å². The number of fused-ring (bicyclic) bond motifs is 1. The first-order chi connectivity index (χ1) is 16.0. The summed E-state index contributed by atoms with van der Waals surface area (Å²) < 4.78 is 24.5. The van der Waals surface area contributed by atoms with Crippen molar-refractivity contribution in [3.05, 3.63) is 77.3 Å². The molecule has 1 aliphatic rings. The zero-order valence-electron chi connectivity index (χ0n) is 18.7. The van der Waals surface area contributed by atoms with Crippen molar-refractivity contribution in [1.29, 1.82) is 0 Å². The maximum Gasteiger partial charge on any atom is 0.237 e. The van der Waals surface area contributed by atoms with Crippen molar-refractivity contribution < 1.29 is 23.8 Å². The van der Waals surface area contributed by atoms with Gasteiger partial charge in [0.1, 0.15) is 18.2 Å². The minimum Gasteiger partial charge on any atom is -0.491 e. The van der Waals surface area contributed by atoms with Gasteiger partial charge in [-0.15, -0.1) is 24.5 Å². The van der Waals surface area contributed by atoms with Gasteiger partial charge in [0, 0.05) is 24.5 Å². The summed E-state index contributed by atoms with van der Waals surface area (Å²) in [6, 6.07) is 7.68. The third-order valence-electron chi connectivity index (χ3n) is 5.40. The molecule has 0 radical (unpaired) electrons. The van der Waals surface area contributed by atoms with E-state index in [1.165, 1.54) is 17.0 Å². The predicted octanol–water partition coefficient (Wildman–Crippen LogP) is 3.44. The molecule has 1 aromatic heterocycles.